The molecule has 0 amide bonds. The van der Waals surface area contributed by atoms with E-state index in [2.05, 4.69) is 27.1 Å². The van der Waals surface area contributed by atoms with Crippen molar-refractivity contribution in [1.82, 2.24) is 14.9 Å². The van der Waals surface area contributed by atoms with E-state index in [1.807, 2.05) is 0 Å². The summed E-state index contributed by atoms with van der Waals surface area (Å²) in [5.74, 6) is 2.00. The van der Waals surface area contributed by atoms with Gasteiger partial charge < -0.3 is 15.2 Å². The fourth-order valence-corrected chi connectivity index (χ4v) is 2.29. The second-order valence-electron chi connectivity index (χ2n) is 4.64. The fraction of sp³-hybridized carbons (Fsp3) is 0.667. The van der Waals surface area contributed by atoms with Crippen molar-refractivity contribution < 1.29 is 0 Å². The van der Waals surface area contributed by atoms with Crippen LogP contribution in [0.3, 0.4) is 0 Å². The second-order valence-corrected chi connectivity index (χ2v) is 4.64. The average Bonchev–Trinajstić information content (AvgIpc) is 2.73. The van der Waals surface area contributed by atoms with E-state index < -0.39 is 0 Å². The largest absolute Gasteiger partial charge is 0.370 e. The quantitative estimate of drug-likeness (QED) is 0.813. The van der Waals surface area contributed by atoms with Crippen molar-refractivity contribution in [3.8, 4) is 0 Å². The summed E-state index contributed by atoms with van der Waals surface area (Å²) < 4.78 is 0. The van der Waals surface area contributed by atoms with Gasteiger partial charge in [0.05, 0.1) is 0 Å². The van der Waals surface area contributed by atoms with Crippen LogP contribution in [-0.4, -0.2) is 41.0 Å². The van der Waals surface area contributed by atoms with Crippen LogP contribution in [-0.2, 0) is 0 Å². The van der Waals surface area contributed by atoms with Gasteiger partial charge in [0, 0.05) is 19.2 Å². The fourth-order valence-electron chi connectivity index (χ4n) is 2.29. The third-order valence-electron chi connectivity index (χ3n) is 3.25. The first kappa shape index (κ1) is 12.1. The molecular formula is C12H20N4O. The van der Waals surface area contributed by atoms with Crippen LogP contribution in [0.1, 0.15) is 19.2 Å². The number of likely N-dealkylation sites (tertiary alicyclic amines) is 1. The average molecular weight is 236 g/mol. The van der Waals surface area contributed by atoms with Crippen molar-refractivity contribution in [2.75, 3.05) is 31.5 Å². The normalized spacial score (nSPS) is 20.7. The molecule has 94 valence electrons. The molecular weight excluding hydrogens is 216 g/mol. The van der Waals surface area contributed by atoms with Crippen LogP contribution in [0.2, 0.25) is 0 Å². The predicted molar refractivity (Wildman–Crippen MR) is 68.3 cm³/mol. The highest BCUT2D eigenvalue weighted by Crippen LogP contribution is 2.15. The molecule has 2 N–H and O–H groups in total. The lowest BCUT2D eigenvalue weighted by atomic mass is 10.1. The molecule has 1 aliphatic heterocycles. The van der Waals surface area contributed by atoms with Gasteiger partial charge in [-0.25, -0.2) is 4.98 Å². The summed E-state index contributed by atoms with van der Waals surface area (Å²) in [4.78, 5) is 20.6. The molecule has 1 saturated heterocycles. The molecule has 0 saturated carbocycles. The van der Waals surface area contributed by atoms with Crippen LogP contribution < -0.4 is 10.9 Å². The van der Waals surface area contributed by atoms with Gasteiger partial charge in [0.2, 0.25) is 0 Å². The Balaban J connectivity index is 1.88. The number of hydrogen-bond acceptors (Lipinski definition) is 4. The SMILES string of the molecule is CCN1CCC(CNc2cc(=O)[nH]c(C)n2)C1. The van der Waals surface area contributed by atoms with Crippen LogP contribution in [0.25, 0.3) is 0 Å². The number of aromatic nitrogens is 2. The molecule has 1 fully saturated rings. The maximum Gasteiger partial charge on any atom is 0.252 e. The Bertz CT molecular complexity index is 429. The molecule has 1 aromatic rings. The lowest BCUT2D eigenvalue weighted by Gasteiger charge is -2.14. The van der Waals surface area contributed by atoms with Gasteiger partial charge in [0.1, 0.15) is 11.6 Å². The number of nitrogens with zero attached hydrogens (tertiary/aromatic N) is 2. The number of aromatic amines is 1. The molecule has 1 aromatic heterocycles. The van der Waals surface area contributed by atoms with Gasteiger partial charge in [-0.2, -0.15) is 0 Å². The van der Waals surface area contributed by atoms with Crippen LogP contribution in [0.15, 0.2) is 10.9 Å². The first-order valence-corrected chi connectivity index (χ1v) is 6.21. The van der Waals surface area contributed by atoms with E-state index in [0.29, 0.717) is 17.6 Å². The molecule has 0 bridgehead atoms. The molecule has 1 unspecified atom stereocenters. The second kappa shape index (κ2) is 5.31. The standard InChI is InChI=1S/C12H20N4O/c1-3-16-5-4-10(8-16)7-13-11-6-12(17)15-9(2)14-11/h6,10H,3-5,7-8H2,1-2H3,(H2,13,14,15,17). The first-order chi connectivity index (χ1) is 8.17. The third kappa shape index (κ3) is 3.30. The molecule has 0 aliphatic carbocycles. The summed E-state index contributed by atoms with van der Waals surface area (Å²) in [7, 11) is 0. The minimum Gasteiger partial charge on any atom is -0.370 e. The summed E-state index contributed by atoms with van der Waals surface area (Å²) >= 11 is 0. The summed E-state index contributed by atoms with van der Waals surface area (Å²) in [5, 5.41) is 3.26. The number of nitrogens with one attached hydrogen (secondary N) is 2. The van der Waals surface area contributed by atoms with E-state index in [4.69, 9.17) is 0 Å². The first-order valence-electron chi connectivity index (χ1n) is 6.21. The van der Waals surface area contributed by atoms with Crippen LogP contribution >= 0.6 is 0 Å². The van der Waals surface area contributed by atoms with Crippen molar-refractivity contribution >= 4 is 5.82 Å². The van der Waals surface area contributed by atoms with E-state index in [0.717, 1.165) is 19.6 Å². The molecule has 1 atom stereocenters. The minimum absolute atomic E-state index is 0.0957. The van der Waals surface area contributed by atoms with Crippen molar-refractivity contribution in [3.63, 3.8) is 0 Å². The molecule has 2 rings (SSSR count). The molecule has 5 nitrogen and oxygen atoms in total. The predicted octanol–water partition coefficient (Wildman–Crippen LogP) is 0.832. The zero-order chi connectivity index (χ0) is 12.3. The van der Waals surface area contributed by atoms with Crippen LogP contribution in [0, 0.1) is 12.8 Å². The molecule has 1 aliphatic rings. The molecule has 0 aromatic carbocycles. The molecule has 5 heteroatoms. The monoisotopic (exact) mass is 236 g/mol. The third-order valence-corrected chi connectivity index (χ3v) is 3.25. The zero-order valence-electron chi connectivity index (χ0n) is 10.5. The van der Waals surface area contributed by atoms with Gasteiger partial charge >= 0.3 is 0 Å². The molecule has 17 heavy (non-hydrogen) atoms. The van der Waals surface area contributed by atoms with Gasteiger partial charge in [-0.3, -0.25) is 4.79 Å². The van der Waals surface area contributed by atoms with E-state index in [9.17, 15) is 4.79 Å². The molecule has 0 spiro atoms. The minimum atomic E-state index is -0.0957. The van der Waals surface area contributed by atoms with Gasteiger partial charge in [-0.15, -0.1) is 0 Å². The number of rotatable bonds is 4. The van der Waals surface area contributed by atoms with Crippen LogP contribution in [0.5, 0.6) is 0 Å². The Morgan fingerprint density at radius 1 is 1.65 bits per heavy atom. The van der Waals surface area contributed by atoms with Gasteiger partial charge in [-0.1, -0.05) is 6.92 Å². The highest BCUT2D eigenvalue weighted by Gasteiger charge is 2.20. The van der Waals surface area contributed by atoms with Crippen molar-refractivity contribution in [1.29, 1.82) is 0 Å². The summed E-state index contributed by atoms with van der Waals surface area (Å²) in [6.45, 7) is 8.33. The topological polar surface area (TPSA) is 61.0 Å². The number of anilines is 1. The Morgan fingerprint density at radius 3 is 3.12 bits per heavy atom. The lowest BCUT2D eigenvalue weighted by molar-refractivity contribution is 0.345. The van der Waals surface area contributed by atoms with Crippen molar-refractivity contribution in [3.05, 3.63) is 22.2 Å². The summed E-state index contributed by atoms with van der Waals surface area (Å²) in [5.41, 5.74) is -0.0957. The van der Waals surface area contributed by atoms with Crippen LogP contribution in [0.4, 0.5) is 5.82 Å². The highest BCUT2D eigenvalue weighted by atomic mass is 16.1. The van der Waals surface area contributed by atoms with E-state index in [-0.39, 0.29) is 5.56 Å². The molecule has 0 radical (unpaired) electrons. The van der Waals surface area contributed by atoms with Gasteiger partial charge in [0.15, 0.2) is 0 Å². The van der Waals surface area contributed by atoms with E-state index in [1.165, 1.54) is 19.0 Å². The smallest absolute Gasteiger partial charge is 0.252 e. The summed E-state index contributed by atoms with van der Waals surface area (Å²) in [6.07, 6.45) is 1.23. The van der Waals surface area contributed by atoms with Gasteiger partial charge in [0.25, 0.3) is 5.56 Å². The number of aryl methyl sites for hydroxylation is 1. The maximum absolute atomic E-state index is 11.3. The number of hydrogen-bond donors (Lipinski definition) is 2. The highest BCUT2D eigenvalue weighted by molar-refractivity contribution is 5.32. The maximum atomic E-state index is 11.3. The van der Waals surface area contributed by atoms with Gasteiger partial charge in [-0.05, 0) is 32.4 Å². The summed E-state index contributed by atoms with van der Waals surface area (Å²) in [6, 6.07) is 1.51. The van der Waals surface area contributed by atoms with E-state index in [1.54, 1.807) is 6.92 Å². The Kier molecular flexibility index (Phi) is 3.78. The Hall–Kier alpha value is -1.36. The van der Waals surface area contributed by atoms with E-state index >= 15 is 0 Å². The molecule has 2 heterocycles. The Labute approximate surface area is 101 Å². The lowest BCUT2D eigenvalue weighted by Crippen LogP contribution is -2.23. The number of H-pyrrole nitrogens is 1. The van der Waals surface area contributed by atoms with Crippen molar-refractivity contribution in [2.45, 2.75) is 20.3 Å². The van der Waals surface area contributed by atoms with Crippen molar-refractivity contribution in [2.24, 2.45) is 5.92 Å². The zero-order valence-corrected chi connectivity index (χ0v) is 10.5. The Morgan fingerprint density at radius 2 is 2.47 bits per heavy atom.